The molecule has 0 N–H and O–H groups in total. The summed E-state index contributed by atoms with van der Waals surface area (Å²) < 4.78 is 21.4. The number of benzene rings is 1. The van der Waals surface area contributed by atoms with E-state index in [4.69, 9.17) is 4.74 Å². The second-order valence-corrected chi connectivity index (χ2v) is 9.61. The number of amides is 1. The SMILES string of the molecule is C[C@H](Sc1nnc(N2CCCC2)n1C[C@@H]1CCCO1)C(=O)N(C)Cc1cccc(F)c1. The fourth-order valence-corrected chi connectivity index (χ4v) is 5.15. The maximum atomic E-state index is 13.5. The number of rotatable bonds is 8. The molecule has 0 saturated carbocycles. The van der Waals surface area contributed by atoms with E-state index in [1.54, 1.807) is 18.0 Å². The van der Waals surface area contributed by atoms with Crippen LogP contribution in [0.1, 0.15) is 38.2 Å². The van der Waals surface area contributed by atoms with Crippen molar-refractivity contribution in [2.24, 2.45) is 0 Å². The number of carbonyl (C=O) groups is 1. The van der Waals surface area contributed by atoms with Gasteiger partial charge in [-0.05, 0) is 50.3 Å². The van der Waals surface area contributed by atoms with Crippen molar-refractivity contribution in [2.45, 2.75) is 62.2 Å². The van der Waals surface area contributed by atoms with Gasteiger partial charge in [0.15, 0.2) is 5.16 Å². The molecule has 31 heavy (non-hydrogen) atoms. The van der Waals surface area contributed by atoms with Crippen LogP contribution in [0, 0.1) is 5.82 Å². The van der Waals surface area contributed by atoms with Gasteiger partial charge in [0.25, 0.3) is 0 Å². The summed E-state index contributed by atoms with van der Waals surface area (Å²) in [6, 6.07) is 6.35. The number of ether oxygens (including phenoxy) is 1. The van der Waals surface area contributed by atoms with Gasteiger partial charge in [-0.15, -0.1) is 10.2 Å². The van der Waals surface area contributed by atoms with Crippen molar-refractivity contribution in [3.05, 3.63) is 35.6 Å². The second-order valence-electron chi connectivity index (χ2n) is 8.31. The van der Waals surface area contributed by atoms with Crippen LogP contribution in [0.5, 0.6) is 0 Å². The minimum atomic E-state index is -0.336. The molecule has 9 heteroatoms. The first-order chi connectivity index (χ1) is 15.0. The topological polar surface area (TPSA) is 63.5 Å². The van der Waals surface area contributed by atoms with Crippen molar-refractivity contribution in [3.8, 4) is 0 Å². The summed E-state index contributed by atoms with van der Waals surface area (Å²) in [5.41, 5.74) is 0.769. The number of hydrogen-bond donors (Lipinski definition) is 0. The monoisotopic (exact) mass is 447 g/mol. The lowest BCUT2D eigenvalue weighted by Gasteiger charge is -2.23. The van der Waals surface area contributed by atoms with Gasteiger partial charge in [-0.3, -0.25) is 9.36 Å². The summed E-state index contributed by atoms with van der Waals surface area (Å²) in [7, 11) is 1.75. The number of anilines is 1. The number of halogens is 1. The van der Waals surface area contributed by atoms with Crippen molar-refractivity contribution in [1.82, 2.24) is 19.7 Å². The van der Waals surface area contributed by atoms with E-state index in [0.717, 1.165) is 62.0 Å². The molecular formula is C22H30FN5O2S. The Morgan fingerprint density at radius 3 is 2.84 bits per heavy atom. The van der Waals surface area contributed by atoms with E-state index in [9.17, 15) is 9.18 Å². The van der Waals surface area contributed by atoms with Crippen molar-refractivity contribution in [2.75, 3.05) is 31.6 Å². The third-order valence-electron chi connectivity index (χ3n) is 5.81. The van der Waals surface area contributed by atoms with Crippen LogP contribution in [0.4, 0.5) is 10.3 Å². The third-order valence-corrected chi connectivity index (χ3v) is 6.88. The number of carbonyl (C=O) groups excluding carboxylic acids is 1. The zero-order valence-electron chi connectivity index (χ0n) is 18.2. The first kappa shape index (κ1) is 22.1. The maximum absolute atomic E-state index is 13.5. The Morgan fingerprint density at radius 1 is 1.32 bits per heavy atom. The van der Waals surface area contributed by atoms with Crippen molar-refractivity contribution in [1.29, 1.82) is 0 Å². The Labute approximate surface area is 186 Å². The molecular weight excluding hydrogens is 417 g/mol. The predicted octanol–water partition coefficient (Wildman–Crippen LogP) is 3.34. The van der Waals surface area contributed by atoms with E-state index < -0.39 is 0 Å². The highest BCUT2D eigenvalue weighted by Gasteiger charge is 2.28. The van der Waals surface area contributed by atoms with Crippen molar-refractivity contribution < 1.29 is 13.9 Å². The molecule has 168 valence electrons. The highest BCUT2D eigenvalue weighted by Crippen LogP contribution is 2.30. The first-order valence-electron chi connectivity index (χ1n) is 11.0. The average Bonchev–Trinajstić information content (AvgIpc) is 3.51. The van der Waals surface area contributed by atoms with Gasteiger partial charge in [-0.2, -0.15) is 0 Å². The standard InChI is InChI=1S/C22H30FN5O2S/c1-16(20(29)26(2)14-17-7-5-8-18(23)13-17)31-22-25-24-21(27-10-3-4-11-27)28(22)15-19-9-6-12-30-19/h5,7-8,13,16,19H,3-4,6,9-12,14-15H2,1-2H3/t16-,19-/m0/s1. The predicted molar refractivity (Wildman–Crippen MR) is 119 cm³/mol. The van der Waals surface area contributed by atoms with E-state index in [1.807, 2.05) is 13.0 Å². The van der Waals surface area contributed by atoms with Gasteiger partial charge in [-0.1, -0.05) is 23.9 Å². The molecule has 0 aliphatic carbocycles. The average molecular weight is 448 g/mol. The highest BCUT2D eigenvalue weighted by molar-refractivity contribution is 8.00. The largest absolute Gasteiger partial charge is 0.376 e. The molecule has 0 bridgehead atoms. The van der Waals surface area contributed by atoms with Gasteiger partial charge in [0.1, 0.15) is 5.82 Å². The molecule has 1 aromatic carbocycles. The van der Waals surface area contributed by atoms with E-state index in [-0.39, 0.29) is 23.1 Å². The van der Waals surface area contributed by atoms with Crippen LogP contribution in [-0.2, 0) is 22.6 Å². The Morgan fingerprint density at radius 2 is 2.13 bits per heavy atom. The molecule has 4 rings (SSSR count). The molecule has 2 saturated heterocycles. The van der Waals surface area contributed by atoms with Gasteiger partial charge in [0.05, 0.1) is 17.9 Å². The van der Waals surface area contributed by atoms with Crippen molar-refractivity contribution >= 4 is 23.6 Å². The summed E-state index contributed by atoms with van der Waals surface area (Å²) in [5.74, 6) is 0.560. The second kappa shape index (κ2) is 9.99. The quantitative estimate of drug-likeness (QED) is 0.579. The first-order valence-corrected chi connectivity index (χ1v) is 11.8. The molecule has 2 atom stereocenters. The molecule has 0 radical (unpaired) electrons. The lowest BCUT2D eigenvalue weighted by molar-refractivity contribution is -0.129. The molecule has 3 heterocycles. The zero-order chi connectivity index (χ0) is 21.8. The summed E-state index contributed by atoms with van der Waals surface area (Å²) in [5, 5.41) is 9.32. The van der Waals surface area contributed by atoms with Crippen LogP contribution in [0.3, 0.4) is 0 Å². The molecule has 1 aromatic heterocycles. The third kappa shape index (κ3) is 5.38. The molecule has 2 aromatic rings. The van der Waals surface area contributed by atoms with Crippen molar-refractivity contribution in [3.63, 3.8) is 0 Å². The minimum Gasteiger partial charge on any atom is -0.376 e. The lowest BCUT2D eigenvalue weighted by Crippen LogP contribution is -2.33. The van der Waals surface area contributed by atoms with Gasteiger partial charge in [-0.25, -0.2) is 4.39 Å². The Hall–Kier alpha value is -2.13. The Kier molecular flexibility index (Phi) is 7.12. The fraction of sp³-hybridized carbons (Fsp3) is 0.591. The lowest BCUT2D eigenvalue weighted by atomic mass is 10.2. The van der Waals surface area contributed by atoms with Crippen LogP contribution >= 0.6 is 11.8 Å². The maximum Gasteiger partial charge on any atom is 0.235 e. The number of hydrogen-bond acceptors (Lipinski definition) is 6. The van der Waals surface area contributed by atoms with Crippen LogP contribution in [0.25, 0.3) is 0 Å². The molecule has 1 amide bonds. The summed E-state index contributed by atoms with van der Waals surface area (Å²) in [6.07, 6.45) is 4.60. The van der Waals surface area contributed by atoms with E-state index >= 15 is 0 Å². The molecule has 2 fully saturated rings. The van der Waals surface area contributed by atoms with Gasteiger partial charge in [0.2, 0.25) is 11.9 Å². The normalized spacial score (nSPS) is 19.7. The Bertz CT molecular complexity index is 896. The van der Waals surface area contributed by atoms with Crippen LogP contribution < -0.4 is 4.90 Å². The molecule has 0 spiro atoms. The molecule has 7 nitrogen and oxygen atoms in total. The minimum absolute atomic E-state index is 0.0244. The van der Waals surface area contributed by atoms with E-state index in [0.29, 0.717) is 13.1 Å². The van der Waals surface area contributed by atoms with Gasteiger partial charge >= 0.3 is 0 Å². The fourth-order valence-electron chi connectivity index (χ4n) is 4.18. The van der Waals surface area contributed by atoms with Gasteiger partial charge < -0.3 is 14.5 Å². The molecule has 2 aliphatic rings. The summed E-state index contributed by atoms with van der Waals surface area (Å²) in [4.78, 5) is 16.9. The molecule has 2 aliphatic heterocycles. The van der Waals surface area contributed by atoms with Crippen LogP contribution in [0.15, 0.2) is 29.4 Å². The number of thioether (sulfide) groups is 1. The zero-order valence-corrected chi connectivity index (χ0v) is 19.0. The van der Waals surface area contributed by atoms with Crippen LogP contribution in [0.2, 0.25) is 0 Å². The highest BCUT2D eigenvalue weighted by atomic mass is 32.2. The van der Waals surface area contributed by atoms with Crippen LogP contribution in [-0.4, -0.2) is 63.7 Å². The smallest absolute Gasteiger partial charge is 0.235 e. The molecule has 0 unspecified atom stereocenters. The van der Waals surface area contributed by atoms with Gasteiger partial charge in [0, 0.05) is 33.3 Å². The Balaban J connectivity index is 1.46. The van der Waals surface area contributed by atoms with E-state index in [2.05, 4.69) is 19.7 Å². The van der Waals surface area contributed by atoms with E-state index in [1.165, 1.54) is 23.9 Å². The summed E-state index contributed by atoms with van der Waals surface area (Å²) in [6.45, 7) is 5.73. The summed E-state index contributed by atoms with van der Waals surface area (Å²) >= 11 is 1.43. The number of nitrogens with zero attached hydrogens (tertiary/aromatic N) is 5. The number of aromatic nitrogens is 3.